The molecular formula is C13H19N3O4. The van der Waals surface area contributed by atoms with Crippen molar-refractivity contribution in [3.8, 4) is 0 Å². The Balaban J connectivity index is 2.04. The third kappa shape index (κ3) is 3.09. The highest BCUT2D eigenvalue weighted by atomic mass is 16.6. The maximum absolute atomic E-state index is 12.0. The van der Waals surface area contributed by atoms with Crippen LogP contribution in [-0.2, 0) is 4.74 Å². The number of hydrogen-bond acceptors (Lipinski definition) is 4. The summed E-state index contributed by atoms with van der Waals surface area (Å²) in [5.41, 5.74) is 0.208. The van der Waals surface area contributed by atoms with E-state index in [1.54, 1.807) is 4.90 Å². The van der Waals surface area contributed by atoms with Crippen molar-refractivity contribution in [2.75, 3.05) is 13.1 Å². The van der Waals surface area contributed by atoms with Crippen molar-refractivity contribution in [3.63, 3.8) is 0 Å². The number of aromatic amines is 1. The van der Waals surface area contributed by atoms with Crippen LogP contribution in [0, 0.1) is 0 Å². The minimum Gasteiger partial charge on any atom is -0.478 e. The predicted molar refractivity (Wildman–Crippen MR) is 70.7 cm³/mol. The Hall–Kier alpha value is -2.05. The van der Waals surface area contributed by atoms with Gasteiger partial charge in [-0.3, -0.25) is 5.10 Å². The first-order valence-electron chi connectivity index (χ1n) is 6.52. The summed E-state index contributed by atoms with van der Waals surface area (Å²) in [4.78, 5) is 24.6. The average molecular weight is 281 g/mol. The SMILES string of the molecule is CC(C)(C)OC(=O)N1CC[C@@H](c2[nH]ncc2C(=O)O)C1. The number of hydrogen-bond donors (Lipinski definition) is 2. The van der Waals surface area contributed by atoms with E-state index in [1.807, 2.05) is 20.8 Å². The van der Waals surface area contributed by atoms with Gasteiger partial charge in [0.25, 0.3) is 0 Å². The number of aromatic nitrogens is 2. The summed E-state index contributed by atoms with van der Waals surface area (Å²) in [5, 5.41) is 15.6. The van der Waals surface area contributed by atoms with Gasteiger partial charge in [0.2, 0.25) is 0 Å². The maximum atomic E-state index is 12.0. The van der Waals surface area contributed by atoms with Gasteiger partial charge >= 0.3 is 12.1 Å². The van der Waals surface area contributed by atoms with Gasteiger partial charge in [0.1, 0.15) is 11.2 Å². The highest BCUT2D eigenvalue weighted by Crippen LogP contribution is 2.29. The molecule has 0 radical (unpaired) electrons. The number of nitrogens with zero attached hydrogens (tertiary/aromatic N) is 2. The molecule has 0 unspecified atom stereocenters. The Morgan fingerprint density at radius 2 is 2.20 bits per heavy atom. The first-order chi connectivity index (χ1) is 9.28. The van der Waals surface area contributed by atoms with Crippen LogP contribution in [-0.4, -0.2) is 51.0 Å². The maximum Gasteiger partial charge on any atom is 0.410 e. The van der Waals surface area contributed by atoms with Crippen LogP contribution >= 0.6 is 0 Å². The lowest BCUT2D eigenvalue weighted by molar-refractivity contribution is 0.0292. The molecule has 0 spiro atoms. The number of carbonyl (C=O) groups is 2. The fraction of sp³-hybridized carbons (Fsp3) is 0.615. The molecule has 1 aliphatic rings. The molecular weight excluding hydrogens is 262 g/mol. The zero-order valence-electron chi connectivity index (χ0n) is 11.8. The van der Waals surface area contributed by atoms with Crippen LogP contribution in [0.1, 0.15) is 49.2 Å². The van der Waals surface area contributed by atoms with Crippen molar-refractivity contribution < 1.29 is 19.4 Å². The molecule has 2 rings (SSSR count). The number of carbonyl (C=O) groups excluding carboxylic acids is 1. The van der Waals surface area contributed by atoms with E-state index in [1.165, 1.54) is 6.20 Å². The Morgan fingerprint density at radius 3 is 2.80 bits per heavy atom. The first-order valence-corrected chi connectivity index (χ1v) is 6.52. The van der Waals surface area contributed by atoms with E-state index in [9.17, 15) is 9.59 Å². The molecule has 2 heterocycles. The minimum absolute atomic E-state index is 0.0453. The molecule has 0 aliphatic carbocycles. The molecule has 2 N–H and O–H groups in total. The second kappa shape index (κ2) is 5.15. The molecule has 1 aromatic heterocycles. The molecule has 0 bridgehead atoms. The molecule has 1 saturated heterocycles. The van der Waals surface area contributed by atoms with Crippen LogP contribution in [0.3, 0.4) is 0 Å². The third-order valence-electron chi connectivity index (χ3n) is 3.15. The van der Waals surface area contributed by atoms with E-state index < -0.39 is 11.6 Å². The molecule has 1 aromatic rings. The predicted octanol–water partition coefficient (Wildman–Crippen LogP) is 1.83. The molecule has 1 aliphatic heterocycles. The van der Waals surface area contributed by atoms with Gasteiger partial charge < -0.3 is 14.7 Å². The number of H-pyrrole nitrogens is 1. The summed E-state index contributed by atoms with van der Waals surface area (Å²) in [6.07, 6.45) is 1.63. The zero-order chi connectivity index (χ0) is 14.9. The molecule has 7 nitrogen and oxygen atoms in total. The van der Waals surface area contributed by atoms with Crippen LogP contribution < -0.4 is 0 Å². The van der Waals surface area contributed by atoms with Gasteiger partial charge in [0, 0.05) is 19.0 Å². The number of carboxylic acid groups (broad SMARTS) is 1. The highest BCUT2D eigenvalue weighted by Gasteiger charge is 2.33. The number of ether oxygens (including phenoxy) is 1. The van der Waals surface area contributed by atoms with Crippen LogP contribution in [0.25, 0.3) is 0 Å². The van der Waals surface area contributed by atoms with E-state index in [2.05, 4.69) is 10.2 Å². The molecule has 110 valence electrons. The van der Waals surface area contributed by atoms with Gasteiger partial charge in [-0.25, -0.2) is 9.59 Å². The van der Waals surface area contributed by atoms with E-state index in [0.29, 0.717) is 25.2 Å². The second-order valence-electron chi connectivity index (χ2n) is 5.91. The standard InChI is InChI=1S/C13H19N3O4/c1-13(2,3)20-12(19)16-5-4-8(7-16)10-9(11(17)18)6-14-15-10/h6,8H,4-5,7H2,1-3H3,(H,14,15)(H,17,18)/t8-/m1/s1. The van der Waals surface area contributed by atoms with Crippen LogP contribution in [0.15, 0.2) is 6.20 Å². The van der Waals surface area contributed by atoms with Crippen molar-refractivity contribution in [1.82, 2.24) is 15.1 Å². The summed E-state index contributed by atoms with van der Waals surface area (Å²) >= 11 is 0. The van der Waals surface area contributed by atoms with Gasteiger partial charge in [-0.2, -0.15) is 5.10 Å². The van der Waals surface area contributed by atoms with Gasteiger partial charge in [0.15, 0.2) is 0 Å². The Morgan fingerprint density at radius 1 is 1.50 bits per heavy atom. The van der Waals surface area contributed by atoms with Crippen LogP contribution in [0.5, 0.6) is 0 Å². The zero-order valence-corrected chi connectivity index (χ0v) is 11.8. The number of aromatic carboxylic acids is 1. The number of likely N-dealkylation sites (tertiary alicyclic amines) is 1. The Labute approximate surface area is 116 Å². The lowest BCUT2D eigenvalue weighted by Crippen LogP contribution is -2.35. The van der Waals surface area contributed by atoms with E-state index in [0.717, 1.165) is 0 Å². The fourth-order valence-corrected chi connectivity index (χ4v) is 2.27. The molecule has 0 saturated carbocycles. The van der Waals surface area contributed by atoms with Crippen molar-refractivity contribution in [2.45, 2.75) is 38.7 Å². The third-order valence-corrected chi connectivity index (χ3v) is 3.15. The smallest absolute Gasteiger partial charge is 0.410 e. The molecule has 20 heavy (non-hydrogen) atoms. The summed E-state index contributed by atoms with van der Waals surface area (Å²) < 4.78 is 5.31. The topological polar surface area (TPSA) is 95.5 Å². The van der Waals surface area contributed by atoms with Gasteiger partial charge in [-0.1, -0.05) is 0 Å². The second-order valence-corrected chi connectivity index (χ2v) is 5.91. The van der Waals surface area contributed by atoms with Crippen molar-refractivity contribution in [1.29, 1.82) is 0 Å². The van der Waals surface area contributed by atoms with Crippen LogP contribution in [0.4, 0.5) is 4.79 Å². The Bertz CT molecular complexity index is 518. The summed E-state index contributed by atoms with van der Waals surface area (Å²) in [7, 11) is 0. The van der Waals surface area contributed by atoms with E-state index in [-0.39, 0.29) is 17.6 Å². The minimum atomic E-state index is -1.01. The van der Waals surface area contributed by atoms with Crippen molar-refractivity contribution in [3.05, 3.63) is 17.5 Å². The molecule has 1 fully saturated rings. The normalized spacial score (nSPS) is 19.1. The van der Waals surface area contributed by atoms with Crippen LogP contribution in [0.2, 0.25) is 0 Å². The first kappa shape index (κ1) is 14.4. The quantitative estimate of drug-likeness (QED) is 0.862. The molecule has 1 amide bonds. The monoisotopic (exact) mass is 281 g/mol. The van der Waals surface area contributed by atoms with Gasteiger partial charge in [-0.05, 0) is 27.2 Å². The number of amides is 1. The number of rotatable bonds is 2. The van der Waals surface area contributed by atoms with E-state index >= 15 is 0 Å². The summed E-state index contributed by atoms with van der Waals surface area (Å²) in [5.74, 6) is -1.06. The summed E-state index contributed by atoms with van der Waals surface area (Å²) in [6.45, 7) is 6.44. The number of nitrogens with one attached hydrogen (secondary N) is 1. The number of carboxylic acids is 1. The van der Waals surface area contributed by atoms with Crippen molar-refractivity contribution in [2.24, 2.45) is 0 Å². The Kier molecular flexibility index (Phi) is 3.69. The summed E-state index contributed by atoms with van der Waals surface area (Å²) in [6, 6.07) is 0. The molecule has 0 aromatic carbocycles. The highest BCUT2D eigenvalue weighted by molar-refractivity contribution is 5.88. The largest absolute Gasteiger partial charge is 0.478 e. The average Bonchev–Trinajstić information content (AvgIpc) is 2.95. The van der Waals surface area contributed by atoms with Gasteiger partial charge in [0.05, 0.1) is 11.9 Å². The lowest BCUT2D eigenvalue weighted by Gasteiger charge is -2.24. The molecule has 1 atom stereocenters. The van der Waals surface area contributed by atoms with Crippen molar-refractivity contribution >= 4 is 12.1 Å². The van der Waals surface area contributed by atoms with Gasteiger partial charge in [-0.15, -0.1) is 0 Å². The molecule has 7 heteroatoms. The fourth-order valence-electron chi connectivity index (χ4n) is 2.27. The lowest BCUT2D eigenvalue weighted by atomic mass is 10.0. The van der Waals surface area contributed by atoms with E-state index in [4.69, 9.17) is 9.84 Å².